The van der Waals surface area contributed by atoms with Crippen LogP contribution in [0.5, 0.6) is 0 Å². The van der Waals surface area contributed by atoms with Crippen molar-refractivity contribution in [2.45, 2.75) is 38.8 Å². The van der Waals surface area contributed by atoms with Gasteiger partial charge in [-0.3, -0.25) is 0 Å². The molecule has 2 fully saturated rings. The minimum absolute atomic E-state index is 0. The molecule has 2 nitrogen and oxygen atoms in total. The van der Waals surface area contributed by atoms with Crippen molar-refractivity contribution in [1.29, 1.82) is 0 Å². The fourth-order valence-corrected chi connectivity index (χ4v) is 4.58. The van der Waals surface area contributed by atoms with Crippen LogP contribution in [0.15, 0.2) is 72.8 Å². The zero-order valence-electron chi connectivity index (χ0n) is 20.2. The Morgan fingerprint density at radius 2 is 0.971 bits per heavy atom. The second kappa shape index (κ2) is 14.5. The van der Waals surface area contributed by atoms with E-state index >= 15 is 0 Å². The van der Waals surface area contributed by atoms with E-state index in [1.54, 1.807) is 0 Å². The first-order chi connectivity index (χ1) is 15.6. The summed E-state index contributed by atoms with van der Waals surface area (Å²) in [6.07, 6.45) is 5.39. The van der Waals surface area contributed by atoms with E-state index in [0.29, 0.717) is 0 Å². The van der Waals surface area contributed by atoms with Gasteiger partial charge in [0.25, 0.3) is 0 Å². The molecular formula is C28H34Cl2HfN2Si-2. The van der Waals surface area contributed by atoms with Gasteiger partial charge in [0.05, 0.1) is 0 Å². The first-order valence-electron chi connectivity index (χ1n) is 11.9. The molecule has 2 aliphatic heterocycles. The van der Waals surface area contributed by atoms with E-state index in [9.17, 15) is 0 Å². The molecule has 2 aliphatic rings. The van der Waals surface area contributed by atoms with Crippen LogP contribution in [-0.4, -0.2) is 31.7 Å². The largest absolute Gasteiger partial charge is 1.00 e. The number of benzene rings is 2. The maximum absolute atomic E-state index is 2.49. The summed E-state index contributed by atoms with van der Waals surface area (Å²) in [6.45, 7) is 9.59. The Bertz CT molecular complexity index is 1000. The normalized spacial score (nSPS) is 14.6. The summed E-state index contributed by atoms with van der Waals surface area (Å²) in [5, 5.41) is 5.48. The van der Waals surface area contributed by atoms with Crippen molar-refractivity contribution >= 4 is 38.4 Å². The van der Waals surface area contributed by atoms with Crippen LogP contribution in [0.3, 0.4) is 0 Å². The Labute approximate surface area is 232 Å². The van der Waals surface area contributed by atoms with Crippen molar-refractivity contribution in [1.82, 2.24) is 0 Å². The van der Waals surface area contributed by atoms with Gasteiger partial charge in [0, 0.05) is 26.2 Å². The summed E-state index contributed by atoms with van der Waals surface area (Å²) in [7, 11) is 0. The summed E-state index contributed by atoms with van der Waals surface area (Å²) in [4.78, 5) is 4.97. The molecule has 6 heteroatoms. The third-order valence-corrected chi connectivity index (χ3v) is 6.15. The molecule has 6 rings (SSSR count). The van der Waals surface area contributed by atoms with Crippen LogP contribution in [0.25, 0.3) is 21.5 Å². The summed E-state index contributed by atoms with van der Waals surface area (Å²) >= 11 is 1.45. The monoisotopic (exact) mass is 676 g/mol. The molecule has 2 heterocycles. The number of halogens is 2. The standard InChI is InChI=1S/2C13H14N.C2H6Si.2ClH.Hf/c2*1-2-6-12-10-13(9-11(12)5-1)14-7-3-4-8-14;1-3-2;;;/h2*1-2,5-6,9-10H,3-4,7-8H2;1-2H3;2*1H;/q2*-1;;;;+2/p-2. The topological polar surface area (TPSA) is 6.48 Å². The molecule has 0 spiro atoms. The van der Waals surface area contributed by atoms with Gasteiger partial charge in [0.2, 0.25) is 0 Å². The summed E-state index contributed by atoms with van der Waals surface area (Å²) in [5.74, 6) is 0. The van der Waals surface area contributed by atoms with E-state index in [0.717, 1.165) is 0 Å². The third-order valence-electron chi connectivity index (χ3n) is 6.15. The van der Waals surface area contributed by atoms with Gasteiger partial charge in [-0.2, -0.15) is 0 Å². The van der Waals surface area contributed by atoms with Crippen LogP contribution >= 0.6 is 0 Å². The predicted molar refractivity (Wildman–Crippen MR) is 139 cm³/mol. The molecule has 0 saturated carbocycles. The van der Waals surface area contributed by atoms with E-state index in [-0.39, 0.29) is 30.3 Å². The zero-order chi connectivity index (χ0) is 22.3. The third kappa shape index (κ3) is 7.98. The molecule has 0 amide bonds. The van der Waals surface area contributed by atoms with Crippen LogP contribution in [-0.2, 0) is 23.0 Å². The summed E-state index contributed by atoms with van der Waals surface area (Å²) < 4.78 is 0. The van der Waals surface area contributed by atoms with Crippen LogP contribution in [0.1, 0.15) is 25.7 Å². The fourth-order valence-electron chi connectivity index (χ4n) is 4.58. The zero-order valence-corrected chi connectivity index (χ0v) is 26.3. The Morgan fingerprint density at radius 1 is 0.647 bits per heavy atom. The van der Waals surface area contributed by atoms with Crippen molar-refractivity contribution in [3.8, 4) is 0 Å². The number of nitrogens with zero attached hydrogens (tertiary/aromatic N) is 2. The molecule has 180 valence electrons. The minimum Gasteiger partial charge on any atom is -1.00 e. The van der Waals surface area contributed by atoms with Gasteiger partial charge >= 0.3 is 41.6 Å². The van der Waals surface area contributed by atoms with Crippen molar-refractivity contribution in [3.05, 3.63) is 72.8 Å². The van der Waals surface area contributed by atoms with Gasteiger partial charge in [-0.25, -0.2) is 0 Å². The van der Waals surface area contributed by atoms with Gasteiger partial charge in [-0.15, -0.1) is 82.2 Å². The average molecular weight is 676 g/mol. The second-order valence-electron chi connectivity index (χ2n) is 9.07. The van der Waals surface area contributed by atoms with Gasteiger partial charge in [0.15, 0.2) is 0 Å². The number of rotatable bonds is 2. The molecule has 0 aromatic heterocycles. The van der Waals surface area contributed by atoms with E-state index in [1.807, 2.05) is 0 Å². The number of fused-ring (bicyclic) bond motifs is 2. The minimum atomic E-state index is 0. The second-order valence-corrected chi connectivity index (χ2v) is 21.9. The smallest absolute Gasteiger partial charge is 0.0162 e. The first-order valence-corrected chi connectivity index (χ1v) is 19.8. The Balaban J connectivity index is 0.000000198. The molecule has 0 aliphatic carbocycles. The SMILES string of the molecule is C[Si](C)=[Hf+2].[Cl-].[Cl-].c1ccc2[cH-]c(N3CCCC3)cc2c1.c1ccc2[cH-]c(N3CCCC3)cc2c1. The molecule has 4 aromatic rings. The molecule has 0 unspecified atom stereocenters. The number of hydrogen-bond donors (Lipinski definition) is 0. The van der Waals surface area contributed by atoms with Gasteiger partial charge in [0.1, 0.15) is 0 Å². The van der Waals surface area contributed by atoms with E-state index in [1.165, 1.54) is 108 Å². The molecule has 0 bridgehead atoms. The first kappa shape index (κ1) is 29.2. The summed E-state index contributed by atoms with van der Waals surface area (Å²) in [6, 6.07) is 26.4. The van der Waals surface area contributed by atoms with Gasteiger partial charge in [-0.1, -0.05) is 23.5 Å². The van der Waals surface area contributed by atoms with Crippen molar-refractivity contribution in [3.63, 3.8) is 0 Å². The van der Waals surface area contributed by atoms with Crippen LogP contribution in [0, 0.1) is 0 Å². The summed E-state index contributed by atoms with van der Waals surface area (Å²) in [5.41, 5.74) is 3.07. The van der Waals surface area contributed by atoms with Crippen LogP contribution < -0.4 is 34.6 Å². The van der Waals surface area contributed by atoms with Gasteiger partial charge < -0.3 is 34.6 Å². The maximum Gasteiger partial charge on any atom is 0.0162 e. The van der Waals surface area contributed by atoms with Crippen LogP contribution in [0.2, 0.25) is 13.1 Å². The molecule has 0 atom stereocenters. The Kier molecular flexibility index (Phi) is 12.4. The Hall–Kier alpha value is -1.07. The quantitative estimate of drug-likeness (QED) is 0.232. The fraction of sp³-hybridized carbons (Fsp3) is 0.357. The average Bonchev–Trinajstić information content (AvgIpc) is 3.59. The van der Waals surface area contributed by atoms with E-state index in [2.05, 4.69) is 95.7 Å². The van der Waals surface area contributed by atoms with Crippen molar-refractivity contribution in [2.24, 2.45) is 0 Å². The van der Waals surface area contributed by atoms with Crippen molar-refractivity contribution in [2.75, 3.05) is 36.0 Å². The number of hydrogen-bond acceptors (Lipinski definition) is 2. The molecule has 4 aromatic carbocycles. The predicted octanol–water partition coefficient (Wildman–Crippen LogP) is 1.11. The van der Waals surface area contributed by atoms with Crippen molar-refractivity contribution < 1.29 is 47.8 Å². The molecule has 2 saturated heterocycles. The van der Waals surface area contributed by atoms with E-state index < -0.39 is 0 Å². The molecule has 0 radical (unpaired) electrons. The molecular weight excluding hydrogens is 642 g/mol. The van der Waals surface area contributed by atoms with Gasteiger partial charge in [-0.05, 0) is 25.7 Å². The Morgan fingerprint density at radius 3 is 1.29 bits per heavy atom. The maximum atomic E-state index is 2.49. The van der Waals surface area contributed by atoms with Crippen LogP contribution in [0.4, 0.5) is 11.4 Å². The number of anilines is 2. The van der Waals surface area contributed by atoms with E-state index in [4.69, 9.17) is 0 Å². The molecule has 0 N–H and O–H groups in total. The molecule has 34 heavy (non-hydrogen) atoms.